The van der Waals surface area contributed by atoms with Crippen molar-refractivity contribution in [2.24, 2.45) is 0 Å². The van der Waals surface area contributed by atoms with E-state index in [9.17, 15) is 22.8 Å². The SMILES string of the molecule is CCNC(=O)Nc1cc(-c2nc(C(F)(F)F)c(C(=O)NCCN3CCOCC3)s2)c(Br)cn1. The van der Waals surface area contributed by atoms with Crippen LogP contribution in [0, 0.1) is 0 Å². The lowest BCUT2D eigenvalue weighted by Gasteiger charge is -2.26. The Morgan fingerprint density at radius 3 is 2.67 bits per heavy atom. The van der Waals surface area contributed by atoms with Crippen LogP contribution in [0.4, 0.5) is 23.8 Å². The summed E-state index contributed by atoms with van der Waals surface area (Å²) in [6, 6.07) is 0.882. The second kappa shape index (κ2) is 11.2. The highest BCUT2D eigenvalue weighted by Gasteiger charge is 2.40. The van der Waals surface area contributed by atoms with Crippen molar-refractivity contribution in [3.8, 4) is 10.6 Å². The van der Waals surface area contributed by atoms with E-state index in [0.29, 0.717) is 55.2 Å². The van der Waals surface area contributed by atoms with Crippen molar-refractivity contribution in [1.29, 1.82) is 0 Å². The van der Waals surface area contributed by atoms with Crippen molar-refractivity contribution in [3.63, 3.8) is 0 Å². The van der Waals surface area contributed by atoms with Gasteiger partial charge in [-0.1, -0.05) is 0 Å². The van der Waals surface area contributed by atoms with Gasteiger partial charge in [0.25, 0.3) is 5.91 Å². The highest BCUT2D eigenvalue weighted by molar-refractivity contribution is 9.10. The number of alkyl halides is 3. The number of carbonyl (C=O) groups is 2. The van der Waals surface area contributed by atoms with Crippen LogP contribution in [0.1, 0.15) is 22.3 Å². The van der Waals surface area contributed by atoms with Gasteiger partial charge in [-0.05, 0) is 28.9 Å². The van der Waals surface area contributed by atoms with Crippen LogP contribution in [0.15, 0.2) is 16.7 Å². The average molecular weight is 551 g/mol. The number of urea groups is 1. The van der Waals surface area contributed by atoms with E-state index in [1.165, 1.54) is 12.3 Å². The summed E-state index contributed by atoms with van der Waals surface area (Å²) in [4.78, 5) is 33.6. The van der Waals surface area contributed by atoms with Crippen LogP contribution in [-0.4, -0.2) is 72.7 Å². The van der Waals surface area contributed by atoms with E-state index in [4.69, 9.17) is 4.74 Å². The molecule has 0 spiro atoms. The number of hydrogen-bond acceptors (Lipinski definition) is 7. The Hall–Kier alpha value is -2.29. The zero-order chi connectivity index (χ0) is 24.0. The number of ether oxygens (including phenoxy) is 1. The van der Waals surface area contributed by atoms with E-state index >= 15 is 0 Å². The number of thiazole rings is 1. The van der Waals surface area contributed by atoms with Crippen molar-refractivity contribution in [2.45, 2.75) is 13.1 Å². The Balaban J connectivity index is 1.81. The van der Waals surface area contributed by atoms with E-state index in [2.05, 4.69) is 46.7 Å². The molecule has 0 saturated carbocycles. The molecule has 9 nitrogen and oxygen atoms in total. The lowest BCUT2D eigenvalue weighted by atomic mass is 10.2. The maximum atomic E-state index is 13.6. The second-order valence-electron chi connectivity index (χ2n) is 6.94. The van der Waals surface area contributed by atoms with Gasteiger partial charge in [0.15, 0.2) is 5.69 Å². The molecule has 3 N–H and O–H groups in total. The van der Waals surface area contributed by atoms with Gasteiger partial charge in [-0.3, -0.25) is 15.0 Å². The molecule has 1 aliphatic rings. The highest BCUT2D eigenvalue weighted by Crippen LogP contribution is 2.40. The Bertz CT molecular complexity index is 998. The molecule has 14 heteroatoms. The third-order valence-corrected chi connectivity index (χ3v) is 6.30. The standard InChI is InChI=1S/C19H22BrF3N6O3S/c1-2-24-18(31)27-13-9-11(12(20)10-26-13)17-28-15(19(21,22)23)14(33-17)16(30)25-3-4-29-5-7-32-8-6-29/h9-10H,2-8H2,1H3,(H,25,30)(H2,24,26,27,31). The maximum Gasteiger partial charge on any atom is 0.435 e. The van der Waals surface area contributed by atoms with Crippen LogP contribution in [0.5, 0.6) is 0 Å². The Morgan fingerprint density at radius 2 is 2.00 bits per heavy atom. The number of morpholine rings is 1. The first-order valence-corrected chi connectivity index (χ1v) is 11.7. The normalized spacial score (nSPS) is 14.7. The van der Waals surface area contributed by atoms with Crippen molar-refractivity contribution in [3.05, 3.63) is 27.3 Å². The lowest BCUT2D eigenvalue weighted by molar-refractivity contribution is -0.141. The first-order valence-electron chi connectivity index (χ1n) is 10.1. The monoisotopic (exact) mass is 550 g/mol. The topological polar surface area (TPSA) is 108 Å². The summed E-state index contributed by atoms with van der Waals surface area (Å²) in [5.41, 5.74) is -0.993. The van der Waals surface area contributed by atoms with Crippen molar-refractivity contribution in [1.82, 2.24) is 25.5 Å². The quantitative estimate of drug-likeness (QED) is 0.488. The Morgan fingerprint density at radius 1 is 1.27 bits per heavy atom. The number of aromatic nitrogens is 2. The van der Waals surface area contributed by atoms with E-state index in [0.717, 1.165) is 0 Å². The fraction of sp³-hybridized carbons (Fsp3) is 0.474. The van der Waals surface area contributed by atoms with Gasteiger partial charge in [0.05, 0.1) is 13.2 Å². The number of anilines is 1. The third-order valence-electron chi connectivity index (χ3n) is 4.58. The molecule has 0 unspecified atom stereocenters. The predicted octanol–water partition coefficient (Wildman–Crippen LogP) is 3.19. The molecule has 2 aromatic heterocycles. The molecule has 0 aliphatic carbocycles. The first kappa shape index (κ1) is 25.3. The van der Waals surface area contributed by atoms with Crippen LogP contribution in [-0.2, 0) is 10.9 Å². The second-order valence-corrected chi connectivity index (χ2v) is 8.79. The summed E-state index contributed by atoms with van der Waals surface area (Å²) in [6.45, 7) is 5.41. The van der Waals surface area contributed by atoms with Crippen molar-refractivity contribution < 1.29 is 27.5 Å². The molecule has 1 aliphatic heterocycles. The number of halogens is 4. The van der Waals surface area contributed by atoms with Crippen molar-refractivity contribution in [2.75, 3.05) is 51.3 Å². The molecule has 3 rings (SSSR count). The molecule has 180 valence electrons. The molecule has 0 bridgehead atoms. The summed E-state index contributed by atoms with van der Waals surface area (Å²) in [5.74, 6) is -0.718. The van der Waals surface area contributed by atoms with E-state index in [-0.39, 0.29) is 22.9 Å². The summed E-state index contributed by atoms with van der Waals surface area (Å²) >= 11 is 3.87. The molecule has 2 aromatic rings. The van der Waals surface area contributed by atoms with Crippen molar-refractivity contribution >= 4 is 45.0 Å². The number of hydrogen-bond donors (Lipinski definition) is 3. The number of rotatable bonds is 7. The fourth-order valence-electron chi connectivity index (χ4n) is 3.01. The van der Waals surface area contributed by atoms with Gasteiger partial charge < -0.3 is 15.4 Å². The Kier molecular flexibility index (Phi) is 8.62. The summed E-state index contributed by atoms with van der Waals surface area (Å²) in [7, 11) is 0. The number of carbonyl (C=O) groups excluding carboxylic acids is 2. The average Bonchev–Trinajstić information content (AvgIpc) is 3.22. The predicted molar refractivity (Wildman–Crippen MR) is 120 cm³/mol. The molecule has 1 saturated heterocycles. The van der Waals surface area contributed by atoms with Crippen LogP contribution in [0.2, 0.25) is 0 Å². The van der Waals surface area contributed by atoms with Gasteiger partial charge in [0.1, 0.15) is 15.7 Å². The van der Waals surface area contributed by atoms with Gasteiger partial charge in [-0.2, -0.15) is 13.2 Å². The first-order chi connectivity index (χ1) is 15.7. The molecule has 0 radical (unpaired) electrons. The van der Waals surface area contributed by atoms with Crippen LogP contribution in [0.25, 0.3) is 10.6 Å². The molecule has 33 heavy (non-hydrogen) atoms. The zero-order valence-corrected chi connectivity index (χ0v) is 20.0. The van der Waals surface area contributed by atoms with Gasteiger partial charge in [0, 0.05) is 49.0 Å². The van der Waals surface area contributed by atoms with E-state index < -0.39 is 28.7 Å². The summed E-state index contributed by atoms with van der Waals surface area (Å²) in [5, 5.41) is 7.54. The minimum absolute atomic E-state index is 0.0334. The molecule has 3 heterocycles. The number of amides is 3. The van der Waals surface area contributed by atoms with Crippen LogP contribution in [0.3, 0.4) is 0 Å². The minimum Gasteiger partial charge on any atom is -0.379 e. The van der Waals surface area contributed by atoms with Gasteiger partial charge >= 0.3 is 12.2 Å². The van der Waals surface area contributed by atoms with Gasteiger partial charge in [0.2, 0.25) is 0 Å². The molecule has 3 amide bonds. The molecule has 1 fully saturated rings. The smallest absolute Gasteiger partial charge is 0.379 e. The summed E-state index contributed by atoms with van der Waals surface area (Å²) in [6.07, 6.45) is -3.47. The molecular formula is C19H22BrF3N6O3S. The van der Waals surface area contributed by atoms with Crippen LogP contribution >= 0.6 is 27.3 Å². The number of pyridine rings is 1. The Labute approximate surface area is 200 Å². The van der Waals surface area contributed by atoms with E-state index in [1.54, 1.807) is 6.92 Å². The molecule has 0 aromatic carbocycles. The number of nitrogens with one attached hydrogen (secondary N) is 3. The fourth-order valence-corrected chi connectivity index (χ4v) is 4.57. The maximum absolute atomic E-state index is 13.6. The molecular weight excluding hydrogens is 529 g/mol. The van der Waals surface area contributed by atoms with E-state index in [1.807, 2.05) is 0 Å². The largest absolute Gasteiger partial charge is 0.435 e. The van der Waals surface area contributed by atoms with Crippen LogP contribution < -0.4 is 16.0 Å². The highest BCUT2D eigenvalue weighted by atomic mass is 79.9. The third kappa shape index (κ3) is 6.85. The molecule has 0 atom stereocenters. The number of nitrogens with zero attached hydrogens (tertiary/aromatic N) is 3. The zero-order valence-electron chi connectivity index (χ0n) is 17.6. The summed E-state index contributed by atoms with van der Waals surface area (Å²) < 4.78 is 46.5. The lowest BCUT2D eigenvalue weighted by Crippen LogP contribution is -2.41. The van der Waals surface area contributed by atoms with Gasteiger partial charge in [-0.15, -0.1) is 11.3 Å². The van der Waals surface area contributed by atoms with Gasteiger partial charge in [-0.25, -0.2) is 14.8 Å². The minimum atomic E-state index is -4.81.